The van der Waals surface area contributed by atoms with Crippen molar-refractivity contribution in [2.24, 2.45) is 0 Å². The molecule has 1 aliphatic heterocycles. The van der Waals surface area contributed by atoms with Crippen LogP contribution in [-0.2, 0) is 10.2 Å². The number of carbonyl (C=O) groups excluding carboxylic acids is 2. The molecule has 8 nitrogen and oxygen atoms in total. The van der Waals surface area contributed by atoms with Gasteiger partial charge in [0.05, 0.1) is 30.4 Å². The lowest BCUT2D eigenvalue weighted by atomic mass is 9.71. The Hall–Kier alpha value is -3.91. The van der Waals surface area contributed by atoms with E-state index >= 15 is 0 Å². The Morgan fingerprint density at radius 2 is 1.72 bits per heavy atom. The molecule has 2 heterocycles. The van der Waals surface area contributed by atoms with Gasteiger partial charge >= 0.3 is 0 Å². The Morgan fingerprint density at radius 3 is 2.42 bits per heavy atom. The highest BCUT2D eigenvalue weighted by Gasteiger charge is 2.54. The maximum absolute atomic E-state index is 13.3. The average molecular weight is 488 g/mol. The second kappa shape index (κ2) is 9.62. The highest BCUT2D eigenvalue weighted by atomic mass is 16.5. The van der Waals surface area contributed by atoms with Crippen molar-refractivity contribution < 1.29 is 19.1 Å². The zero-order valence-electron chi connectivity index (χ0n) is 20.3. The Kier molecular flexibility index (Phi) is 6.36. The lowest BCUT2D eigenvalue weighted by molar-refractivity contribution is -0.00931. The third-order valence-corrected chi connectivity index (χ3v) is 7.55. The molecule has 0 radical (unpaired) electrons. The summed E-state index contributed by atoms with van der Waals surface area (Å²) in [6, 6.07) is 17.9. The van der Waals surface area contributed by atoms with Gasteiger partial charge in [-0.2, -0.15) is 0 Å². The zero-order chi connectivity index (χ0) is 25.3. The molecule has 1 spiro atoms. The van der Waals surface area contributed by atoms with E-state index in [1.807, 2.05) is 35.2 Å². The minimum atomic E-state index is -0.343. The summed E-state index contributed by atoms with van der Waals surface area (Å²) in [4.78, 5) is 42.1. The highest BCUT2D eigenvalue weighted by Crippen LogP contribution is 2.52. The quantitative estimate of drug-likeness (QED) is 0.576. The molecular weight excluding hydrogens is 458 g/mol. The molecule has 2 atom stereocenters. The van der Waals surface area contributed by atoms with Gasteiger partial charge in [-0.25, -0.2) is 0 Å². The molecule has 1 aliphatic carbocycles. The van der Waals surface area contributed by atoms with Crippen molar-refractivity contribution >= 4 is 11.8 Å². The number of amides is 2. The maximum Gasteiger partial charge on any atom is 0.255 e. The monoisotopic (exact) mass is 487 g/mol. The molecular formula is C28H29N3O5. The molecule has 36 heavy (non-hydrogen) atoms. The van der Waals surface area contributed by atoms with Gasteiger partial charge in [-0.15, -0.1) is 0 Å². The molecule has 8 heteroatoms. The van der Waals surface area contributed by atoms with Crippen LogP contribution in [0.2, 0.25) is 0 Å². The smallest absolute Gasteiger partial charge is 0.255 e. The number of likely N-dealkylation sites (tertiary alicyclic amines) is 1. The third kappa shape index (κ3) is 3.97. The maximum atomic E-state index is 13.3. The molecule has 0 bridgehead atoms. The van der Waals surface area contributed by atoms with Crippen molar-refractivity contribution in [1.29, 1.82) is 0 Å². The SMILES string of the molecule is COc1ccccc1C(=O)N[C@H]1c2ccccc2C2(CCN(C(=O)c3ccc(=O)[nH]c3)CC2)[C@@H]1OC. The molecule has 0 unspecified atom stereocenters. The van der Waals surface area contributed by atoms with E-state index in [0.717, 1.165) is 11.1 Å². The Balaban J connectivity index is 1.41. The number of para-hydroxylation sites is 1. The van der Waals surface area contributed by atoms with Gasteiger partial charge < -0.3 is 24.7 Å². The fraction of sp³-hybridized carbons (Fsp3) is 0.321. The first-order valence-corrected chi connectivity index (χ1v) is 12.0. The topological polar surface area (TPSA) is 101 Å². The van der Waals surface area contributed by atoms with Gasteiger partial charge in [0, 0.05) is 37.9 Å². The summed E-state index contributed by atoms with van der Waals surface area (Å²) in [5.74, 6) is 0.179. The van der Waals surface area contributed by atoms with Crippen molar-refractivity contribution in [2.45, 2.75) is 30.4 Å². The van der Waals surface area contributed by atoms with Crippen LogP contribution in [0.4, 0.5) is 0 Å². The standard InChI is InChI=1S/C28H29N3O5/c1-35-22-10-6-4-8-20(22)26(33)30-24-19-7-3-5-9-21(19)28(25(24)36-2)13-15-31(16-14-28)27(34)18-11-12-23(32)29-17-18/h3-12,17,24-25H,13-16H2,1-2H3,(H,29,32)(H,30,33)/t24-,25+/m0/s1. The minimum absolute atomic E-state index is 0.109. The number of ether oxygens (including phenoxy) is 2. The summed E-state index contributed by atoms with van der Waals surface area (Å²) in [5.41, 5.74) is 2.53. The summed E-state index contributed by atoms with van der Waals surface area (Å²) >= 11 is 0. The normalized spacial score (nSPS) is 20.1. The predicted molar refractivity (Wildman–Crippen MR) is 134 cm³/mol. The van der Waals surface area contributed by atoms with Crippen LogP contribution in [0.3, 0.4) is 0 Å². The first-order chi connectivity index (χ1) is 17.5. The molecule has 2 aromatic carbocycles. The van der Waals surface area contributed by atoms with Crippen LogP contribution >= 0.6 is 0 Å². The second-order valence-corrected chi connectivity index (χ2v) is 9.28. The number of hydrogen-bond donors (Lipinski definition) is 2. The van der Waals surface area contributed by atoms with E-state index in [2.05, 4.69) is 16.4 Å². The average Bonchev–Trinajstić information content (AvgIpc) is 3.17. The van der Waals surface area contributed by atoms with Crippen molar-refractivity contribution in [3.63, 3.8) is 0 Å². The number of methoxy groups -OCH3 is 2. The molecule has 5 rings (SSSR count). The van der Waals surface area contributed by atoms with E-state index < -0.39 is 0 Å². The van der Waals surface area contributed by atoms with Gasteiger partial charge in [0.1, 0.15) is 5.75 Å². The molecule has 1 fully saturated rings. The summed E-state index contributed by atoms with van der Waals surface area (Å²) < 4.78 is 11.5. The number of nitrogens with zero attached hydrogens (tertiary/aromatic N) is 1. The third-order valence-electron chi connectivity index (χ3n) is 7.55. The second-order valence-electron chi connectivity index (χ2n) is 9.28. The van der Waals surface area contributed by atoms with Gasteiger partial charge in [0.25, 0.3) is 11.8 Å². The number of aromatic amines is 1. The summed E-state index contributed by atoms with van der Waals surface area (Å²) in [7, 11) is 3.23. The van der Waals surface area contributed by atoms with Gasteiger partial charge in [-0.3, -0.25) is 14.4 Å². The van der Waals surface area contributed by atoms with E-state index in [4.69, 9.17) is 9.47 Å². The highest BCUT2D eigenvalue weighted by molar-refractivity contribution is 5.97. The van der Waals surface area contributed by atoms with Crippen LogP contribution in [0.5, 0.6) is 5.75 Å². The van der Waals surface area contributed by atoms with Crippen molar-refractivity contribution in [2.75, 3.05) is 27.3 Å². The molecule has 2 amide bonds. The fourth-order valence-corrected chi connectivity index (χ4v) is 5.81. The predicted octanol–water partition coefficient (Wildman–Crippen LogP) is 3.06. The lowest BCUT2D eigenvalue weighted by Gasteiger charge is -2.44. The molecule has 2 N–H and O–H groups in total. The number of rotatable bonds is 5. The van der Waals surface area contributed by atoms with Crippen molar-refractivity contribution in [3.8, 4) is 5.75 Å². The fourth-order valence-electron chi connectivity index (χ4n) is 5.81. The number of nitrogens with one attached hydrogen (secondary N) is 2. The van der Waals surface area contributed by atoms with Gasteiger partial charge in [0.15, 0.2) is 0 Å². The molecule has 2 aliphatic rings. The van der Waals surface area contributed by atoms with E-state index in [9.17, 15) is 14.4 Å². The number of piperidine rings is 1. The Morgan fingerprint density at radius 1 is 1.00 bits per heavy atom. The first kappa shape index (κ1) is 23.8. The van der Waals surface area contributed by atoms with Crippen LogP contribution in [0.1, 0.15) is 50.7 Å². The largest absolute Gasteiger partial charge is 0.496 e. The molecule has 3 aromatic rings. The van der Waals surface area contributed by atoms with Crippen LogP contribution < -0.4 is 15.6 Å². The lowest BCUT2D eigenvalue weighted by Crippen LogP contribution is -2.51. The van der Waals surface area contributed by atoms with Crippen molar-refractivity contribution in [3.05, 3.63) is 99.5 Å². The number of hydrogen-bond acceptors (Lipinski definition) is 5. The van der Waals surface area contributed by atoms with Crippen LogP contribution in [0.25, 0.3) is 0 Å². The number of pyridine rings is 1. The summed E-state index contributed by atoms with van der Waals surface area (Å²) in [6.07, 6.45) is 2.55. The van der Waals surface area contributed by atoms with Crippen molar-refractivity contribution in [1.82, 2.24) is 15.2 Å². The van der Waals surface area contributed by atoms with Crippen LogP contribution in [0, 0.1) is 0 Å². The van der Waals surface area contributed by atoms with E-state index in [-0.39, 0.29) is 34.9 Å². The van der Waals surface area contributed by atoms with E-state index in [1.165, 1.54) is 12.3 Å². The van der Waals surface area contributed by atoms with Crippen LogP contribution in [0.15, 0.2) is 71.7 Å². The zero-order valence-corrected chi connectivity index (χ0v) is 20.3. The Bertz CT molecular complexity index is 1320. The van der Waals surface area contributed by atoms with E-state index in [1.54, 1.807) is 32.4 Å². The molecule has 1 aromatic heterocycles. The number of fused-ring (bicyclic) bond motifs is 2. The first-order valence-electron chi connectivity index (χ1n) is 12.0. The number of H-pyrrole nitrogens is 1. The minimum Gasteiger partial charge on any atom is -0.496 e. The number of carbonyl (C=O) groups is 2. The summed E-state index contributed by atoms with van der Waals surface area (Å²) in [6.45, 7) is 1.08. The number of benzene rings is 2. The van der Waals surface area contributed by atoms with Gasteiger partial charge in [0.2, 0.25) is 5.56 Å². The molecule has 0 saturated carbocycles. The van der Waals surface area contributed by atoms with E-state index in [0.29, 0.717) is 42.8 Å². The van der Waals surface area contributed by atoms with Gasteiger partial charge in [-0.05, 0) is 42.2 Å². The van der Waals surface area contributed by atoms with Gasteiger partial charge in [-0.1, -0.05) is 36.4 Å². The number of aromatic nitrogens is 1. The molecule has 1 saturated heterocycles. The Labute approximate surface area is 209 Å². The summed E-state index contributed by atoms with van der Waals surface area (Å²) in [5, 5.41) is 3.21. The van der Waals surface area contributed by atoms with Crippen LogP contribution in [-0.4, -0.2) is 55.1 Å². The molecule has 186 valence electrons.